The number of nitrogens with zero attached hydrogens (tertiary/aromatic N) is 1. The molecule has 2 aromatic carbocycles. The molecule has 0 saturated heterocycles. The van der Waals surface area contributed by atoms with E-state index >= 15 is 0 Å². The average molecular weight is 439 g/mol. The average Bonchev–Trinajstić information content (AvgIpc) is 2.68. The normalized spacial score (nSPS) is 12.9. The van der Waals surface area contributed by atoms with Gasteiger partial charge in [0.1, 0.15) is 11.9 Å². The molecule has 0 fully saturated rings. The van der Waals surface area contributed by atoms with Gasteiger partial charge in [-0.3, -0.25) is 9.59 Å². The minimum Gasteiger partial charge on any atom is -0.352 e. The molecule has 0 spiro atoms. The second kappa shape index (κ2) is 10.6. The van der Waals surface area contributed by atoms with E-state index in [0.29, 0.717) is 15.6 Å². The Labute approximate surface area is 181 Å². The molecule has 2 unspecified atom stereocenters. The van der Waals surface area contributed by atoms with E-state index in [1.165, 1.54) is 11.0 Å². The molecule has 2 aromatic rings. The third-order valence-electron chi connectivity index (χ3n) is 4.86. The van der Waals surface area contributed by atoms with Crippen molar-refractivity contribution in [1.29, 1.82) is 0 Å². The van der Waals surface area contributed by atoms with E-state index in [1.807, 2.05) is 13.8 Å². The van der Waals surface area contributed by atoms with Gasteiger partial charge in [-0.1, -0.05) is 54.4 Å². The Morgan fingerprint density at radius 1 is 1.07 bits per heavy atom. The standard InChI is InChI=1S/C22H25Cl2FN2O2/c1-4-14(2)26-22(29)15(3)27(13-17-18(23)9-7-10-19(17)24)21(28)12-16-8-5-6-11-20(16)25/h5-11,14-15H,4,12-13H2,1-3H3,(H,26,29). The van der Waals surface area contributed by atoms with E-state index in [1.54, 1.807) is 43.3 Å². The van der Waals surface area contributed by atoms with Crippen LogP contribution in [0, 0.1) is 5.82 Å². The quantitative estimate of drug-likeness (QED) is 0.629. The smallest absolute Gasteiger partial charge is 0.242 e. The highest BCUT2D eigenvalue weighted by Crippen LogP contribution is 2.27. The van der Waals surface area contributed by atoms with Gasteiger partial charge in [-0.05, 0) is 44.0 Å². The van der Waals surface area contributed by atoms with Crippen molar-refractivity contribution in [2.24, 2.45) is 0 Å². The zero-order valence-corrected chi connectivity index (χ0v) is 18.2. The number of carbonyl (C=O) groups is 2. The van der Waals surface area contributed by atoms with Crippen molar-refractivity contribution < 1.29 is 14.0 Å². The van der Waals surface area contributed by atoms with Crippen LogP contribution >= 0.6 is 23.2 Å². The monoisotopic (exact) mass is 438 g/mol. The summed E-state index contributed by atoms with van der Waals surface area (Å²) in [5.74, 6) is -1.14. The topological polar surface area (TPSA) is 49.4 Å². The highest BCUT2D eigenvalue weighted by atomic mass is 35.5. The van der Waals surface area contributed by atoms with Gasteiger partial charge < -0.3 is 10.2 Å². The van der Waals surface area contributed by atoms with Crippen LogP contribution in [0.15, 0.2) is 42.5 Å². The molecule has 0 aliphatic rings. The second-order valence-corrected chi connectivity index (χ2v) is 7.80. The van der Waals surface area contributed by atoms with E-state index in [2.05, 4.69) is 5.32 Å². The summed E-state index contributed by atoms with van der Waals surface area (Å²) in [6, 6.07) is 10.3. The predicted octanol–water partition coefficient (Wildman–Crippen LogP) is 5.01. The first kappa shape index (κ1) is 23.2. The first-order valence-electron chi connectivity index (χ1n) is 9.50. The zero-order valence-electron chi connectivity index (χ0n) is 16.7. The van der Waals surface area contributed by atoms with Gasteiger partial charge in [0.15, 0.2) is 0 Å². The number of hydrogen-bond donors (Lipinski definition) is 1. The lowest BCUT2D eigenvalue weighted by atomic mass is 10.1. The Morgan fingerprint density at radius 3 is 2.28 bits per heavy atom. The van der Waals surface area contributed by atoms with Gasteiger partial charge >= 0.3 is 0 Å². The highest BCUT2D eigenvalue weighted by Gasteiger charge is 2.28. The van der Waals surface area contributed by atoms with Gasteiger partial charge in [-0.2, -0.15) is 0 Å². The molecule has 29 heavy (non-hydrogen) atoms. The van der Waals surface area contributed by atoms with E-state index in [9.17, 15) is 14.0 Å². The third-order valence-corrected chi connectivity index (χ3v) is 5.57. The van der Waals surface area contributed by atoms with Crippen LogP contribution in [-0.4, -0.2) is 28.8 Å². The van der Waals surface area contributed by atoms with Crippen LogP contribution in [0.1, 0.15) is 38.3 Å². The lowest BCUT2D eigenvalue weighted by Gasteiger charge is -2.30. The van der Waals surface area contributed by atoms with Crippen molar-refractivity contribution in [1.82, 2.24) is 10.2 Å². The van der Waals surface area contributed by atoms with Crippen LogP contribution < -0.4 is 5.32 Å². The number of carbonyl (C=O) groups excluding carboxylic acids is 2. The van der Waals surface area contributed by atoms with Crippen molar-refractivity contribution in [2.45, 2.75) is 52.2 Å². The molecule has 0 aromatic heterocycles. The summed E-state index contributed by atoms with van der Waals surface area (Å²) in [4.78, 5) is 27.2. The van der Waals surface area contributed by atoms with E-state index in [0.717, 1.165) is 6.42 Å². The van der Waals surface area contributed by atoms with Crippen molar-refractivity contribution in [3.05, 3.63) is 69.5 Å². The first-order chi connectivity index (χ1) is 13.7. The van der Waals surface area contributed by atoms with Gasteiger partial charge in [0.05, 0.1) is 6.42 Å². The maximum atomic E-state index is 14.1. The van der Waals surface area contributed by atoms with Crippen LogP contribution in [0.3, 0.4) is 0 Å². The molecule has 0 saturated carbocycles. The molecular weight excluding hydrogens is 414 g/mol. The lowest BCUT2D eigenvalue weighted by Crippen LogP contribution is -2.50. The minimum absolute atomic E-state index is 0.0302. The van der Waals surface area contributed by atoms with E-state index in [4.69, 9.17) is 23.2 Å². The first-order valence-corrected chi connectivity index (χ1v) is 10.3. The number of halogens is 3. The predicted molar refractivity (Wildman–Crippen MR) is 114 cm³/mol. The van der Waals surface area contributed by atoms with Crippen molar-refractivity contribution in [2.75, 3.05) is 0 Å². The SMILES string of the molecule is CCC(C)NC(=O)C(C)N(Cc1c(Cl)cccc1Cl)C(=O)Cc1ccccc1F. The van der Waals surface area contributed by atoms with Gasteiger partial charge in [0.25, 0.3) is 0 Å². The molecule has 7 heteroatoms. The van der Waals surface area contributed by atoms with Crippen molar-refractivity contribution in [3.8, 4) is 0 Å². The maximum Gasteiger partial charge on any atom is 0.242 e. The molecule has 0 aliphatic heterocycles. The largest absolute Gasteiger partial charge is 0.352 e. The van der Waals surface area contributed by atoms with Gasteiger partial charge in [-0.25, -0.2) is 4.39 Å². The fraction of sp³-hybridized carbons (Fsp3) is 0.364. The summed E-state index contributed by atoms with van der Waals surface area (Å²) in [6.45, 7) is 5.53. The Kier molecular flexibility index (Phi) is 8.47. The zero-order chi connectivity index (χ0) is 21.6. The van der Waals surface area contributed by atoms with Crippen molar-refractivity contribution >= 4 is 35.0 Å². The summed E-state index contributed by atoms with van der Waals surface area (Å²) in [7, 11) is 0. The number of hydrogen-bond acceptors (Lipinski definition) is 2. The number of nitrogens with one attached hydrogen (secondary N) is 1. The molecule has 0 heterocycles. The summed E-state index contributed by atoms with van der Waals surface area (Å²) < 4.78 is 14.1. The Morgan fingerprint density at radius 2 is 1.69 bits per heavy atom. The Balaban J connectivity index is 2.32. The van der Waals surface area contributed by atoms with Crippen LogP contribution in [0.4, 0.5) is 4.39 Å². The highest BCUT2D eigenvalue weighted by molar-refractivity contribution is 6.36. The molecule has 0 bridgehead atoms. The minimum atomic E-state index is -0.782. The maximum absolute atomic E-state index is 14.1. The number of rotatable bonds is 8. The summed E-state index contributed by atoms with van der Waals surface area (Å²) >= 11 is 12.5. The molecule has 0 radical (unpaired) electrons. The van der Waals surface area contributed by atoms with Gasteiger partial charge in [-0.15, -0.1) is 0 Å². The Hall–Kier alpha value is -2.11. The summed E-state index contributed by atoms with van der Waals surface area (Å²) in [6.07, 6.45) is 0.591. The molecule has 4 nitrogen and oxygen atoms in total. The molecule has 0 aliphatic carbocycles. The Bertz CT molecular complexity index is 855. The molecule has 2 amide bonds. The number of amides is 2. The van der Waals surface area contributed by atoms with Crippen LogP contribution in [-0.2, 0) is 22.6 Å². The van der Waals surface area contributed by atoms with Crippen LogP contribution in [0.25, 0.3) is 0 Å². The fourth-order valence-corrected chi connectivity index (χ4v) is 3.33. The molecule has 156 valence electrons. The third kappa shape index (κ3) is 6.18. The summed E-state index contributed by atoms with van der Waals surface area (Å²) in [5, 5.41) is 3.68. The van der Waals surface area contributed by atoms with Crippen LogP contribution in [0.5, 0.6) is 0 Å². The van der Waals surface area contributed by atoms with Crippen molar-refractivity contribution in [3.63, 3.8) is 0 Å². The lowest BCUT2D eigenvalue weighted by molar-refractivity contribution is -0.140. The molecule has 2 rings (SSSR count). The van der Waals surface area contributed by atoms with Crippen LogP contribution in [0.2, 0.25) is 10.0 Å². The second-order valence-electron chi connectivity index (χ2n) is 6.98. The number of benzene rings is 2. The van der Waals surface area contributed by atoms with E-state index in [-0.39, 0.29) is 30.5 Å². The van der Waals surface area contributed by atoms with Gasteiger partial charge in [0, 0.05) is 28.2 Å². The fourth-order valence-electron chi connectivity index (χ4n) is 2.81. The van der Waals surface area contributed by atoms with Gasteiger partial charge in [0.2, 0.25) is 11.8 Å². The van der Waals surface area contributed by atoms with E-state index < -0.39 is 17.8 Å². The molecular formula is C22H25Cl2FN2O2. The summed E-state index contributed by atoms with van der Waals surface area (Å²) in [5.41, 5.74) is 0.809. The molecule has 2 atom stereocenters. The molecule has 1 N–H and O–H groups in total.